The number of hydrogen-bond acceptors (Lipinski definition) is 6. The fourth-order valence-corrected chi connectivity index (χ4v) is 3.63. The standard InChI is InChI=1S/C24H27N5O2/c1-19-3-2-4-21(27-19)8-5-20-6-9-23(10-7-20)31-24(30)29-15-13-28(14-16-29)18-22-17-25-11-12-26-22/h2-4,6-7,9-12,17H,5,8,13-16,18H2,1H3. The van der Waals surface area contributed by atoms with Gasteiger partial charge in [-0.15, -0.1) is 0 Å². The second-order valence-electron chi connectivity index (χ2n) is 7.74. The molecular weight excluding hydrogens is 390 g/mol. The Morgan fingerprint density at radius 1 is 0.968 bits per heavy atom. The Bertz CT molecular complexity index is 986. The predicted octanol–water partition coefficient (Wildman–Crippen LogP) is 3.28. The Labute approximate surface area is 182 Å². The molecule has 4 rings (SSSR count). The summed E-state index contributed by atoms with van der Waals surface area (Å²) in [4.78, 5) is 29.5. The van der Waals surface area contributed by atoms with Gasteiger partial charge >= 0.3 is 6.09 Å². The Hall–Kier alpha value is -3.32. The lowest BCUT2D eigenvalue weighted by Crippen LogP contribution is -2.49. The highest BCUT2D eigenvalue weighted by atomic mass is 16.6. The number of pyridine rings is 1. The second kappa shape index (κ2) is 10.1. The van der Waals surface area contributed by atoms with Crippen molar-refractivity contribution in [2.75, 3.05) is 26.2 Å². The Morgan fingerprint density at radius 3 is 2.48 bits per heavy atom. The van der Waals surface area contributed by atoms with E-state index in [2.05, 4.69) is 25.9 Å². The largest absolute Gasteiger partial charge is 0.415 e. The highest BCUT2D eigenvalue weighted by Gasteiger charge is 2.22. The van der Waals surface area contributed by atoms with Crippen LogP contribution in [0.2, 0.25) is 0 Å². The van der Waals surface area contributed by atoms with Gasteiger partial charge in [-0.1, -0.05) is 18.2 Å². The maximum absolute atomic E-state index is 12.5. The summed E-state index contributed by atoms with van der Waals surface area (Å²) in [6.07, 6.45) is 6.65. The van der Waals surface area contributed by atoms with Gasteiger partial charge in [0.1, 0.15) is 5.75 Å². The molecule has 1 aliphatic rings. The summed E-state index contributed by atoms with van der Waals surface area (Å²) in [6.45, 7) is 5.61. The van der Waals surface area contributed by atoms with E-state index in [1.165, 1.54) is 5.56 Å². The van der Waals surface area contributed by atoms with Crippen LogP contribution in [0.5, 0.6) is 5.75 Å². The lowest BCUT2D eigenvalue weighted by Gasteiger charge is -2.33. The van der Waals surface area contributed by atoms with Crippen LogP contribution < -0.4 is 4.74 Å². The second-order valence-corrected chi connectivity index (χ2v) is 7.74. The van der Waals surface area contributed by atoms with Crippen LogP contribution in [0.4, 0.5) is 4.79 Å². The normalized spacial score (nSPS) is 14.4. The van der Waals surface area contributed by atoms with Gasteiger partial charge < -0.3 is 9.64 Å². The minimum absolute atomic E-state index is 0.295. The number of carbonyl (C=O) groups excluding carboxylic acids is 1. The van der Waals surface area contributed by atoms with Crippen LogP contribution in [-0.2, 0) is 19.4 Å². The third-order valence-corrected chi connectivity index (χ3v) is 5.38. The molecule has 7 heteroatoms. The predicted molar refractivity (Wildman–Crippen MR) is 118 cm³/mol. The topological polar surface area (TPSA) is 71.5 Å². The molecule has 0 radical (unpaired) electrons. The summed E-state index contributed by atoms with van der Waals surface area (Å²) >= 11 is 0. The number of ether oxygens (including phenoxy) is 1. The fraction of sp³-hybridized carbons (Fsp3) is 0.333. The van der Waals surface area contributed by atoms with Crippen molar-refractivity contribution in [3.63, 3.8) is 0 Å². The van der Waals surface area contributed by atoms with Crippen molar-refractivity contribution in [1.82, 2.24) is 24.8 Å². The molecule has 2 aromatic heterocycles. The van der Waals surface area contributed by atoms with E-state index < -0.39 is 0 Å². The number of hydrogen-bond donors (Lipinski definition) is 0. The summed E-state index contributed by atoms with van der Waals surface area (Å²) in [5.74, 6) is 0.574. The number of piperazine rings is 1. The molecule has 1 saturated heterocycles. The number of amides is 1. The van der Waals surface area contributed by atoms with Crippen LogP contribution in [0.1, 0.15) is 22.6 Å². The smallest absolute Gasteiger partial charge is 0.410 e. The zero-order valence-electron chi connectivity index (χ0n) is 17.8. The molecule has 7 nitrogen and oxygen atoms in total. The minimum Gasteiger partial charge on any atom is -0.410 e. The SMILES string of the molecule is Cc1cccc(CCc2ccc(OC(=O)N3CCN(Cc4cnccn4)CC3)cc2)n1. The first-order valence-electron chi connectivity index (χ1n) is 10.6. The Balaban J connectivity index is 1.22. The van der Waals surface area contributed by atoms with Crippen molar-refractivity contribution in [2.24, 2.45) is 0 Å². The van der Waals surface area contributed by atoms with Gasteiger partial charge in [-0.05, 0) is 49.6 Å². The van der Waals surface area contributed by atoms with Gasteiger partial charge in [0.2, 0.25) is 0 Å². The molecule has 1 amide bonds. The number of carbonyl (C=O) groups is 1. The number of benzene rings is 1. The number of aromatic nitrogens is 3. The summed E-state index contributed by atoms with van der Waals surface area (Å²) in [5, 5.41) is 0. The molecule has 1 aromatic carbocycles. The van der Waals surface area contributed by atoms with Crippen molar-refractivity contribution in [1.29, 1.82) is 0 Å². The average molecular weight is 418 g/mol. The van der Waals surface area contributed by atoms with Crippen molar-refractivity contribution < 1.29 is 9.53 Å². The molecule has 0 bridgehead atoms. The fourth-order valence-electron chi connectivity index (χ4n) is 3.63. The monoisotopic (exact) mass is 417 g/mol. The summed E-state index contributed by atoms with van der Waals surface area (Å²) in [5.41, 5.74) is 4.26. The number of rotatable bonds is 6. The lowest BCUT2D eigenvalue weighted by atomic mass is 10.1. The number of nitrogens with zero attached hydrogens (tertiary/aromatic N) is 5. The van der Waals surface area contributed by atoms with Crippen molar-refractivity contribution in [3.8, 4) is 5.75 Å². The van der Waals surface area contributed by atoms with Crippen molar-refractivity contribution in [2.45, 2.75) is 26.3 Å². The van der Waals surface area contributed by atoms with E-state index in [0.717, 1.165) is 49.6 Å². The zero-order chi connectivity index (χ0) is 21.5. The van der Waals surface area contributed by atoms with E-state index in [-0.39, 0.29) is 6.09 Å². The van der Waals surface area contributed by atoms with Crippen LogP contribution in [0.3, 0.4) is 0 Å². The van der Waals surface area contributed by atoms with Crippen molar-refractivity contribution in [3.05, 3.63) is 83.7 Å². The molecule has 0 spiro atoms. The lowest BCUT2D eigenvalue weighted by molar-refractivity contribution is 0.107. The van der Waals surface area contributed by atoms with Gasteiger partial charge in [-0.2, -0.15) is 0 Å². The van der Waals surface area contributed by atoms with E-state index in [1.54, 1.807) is 23.5 Å². The quantitative estimate of drug-likeness (QED) is 0.613. The maximum atomic E-state index is 12.5. The molecule has 1 aliphatic heterocycles. The van der Waals surface area contributed by atoms with Crippen molar-refractivity contribution >= 4 is 6.09 Å². The molecule has 31 heavy (non-hydrogen) atoms. The van der Waals surface area contributed by atoms with Gasteiger partial charge in [-0.25, -0.2) is 4.79 Å². The molecule has 1 fully saturated rings. The van der Waals surface area contributed by atoms with Crippen LogP contribution in [0.15, 0.2) is 61.1 Å². The van der Waals surface area contributed by atoms with Crippen LogP contribution in [0, 0.1) is 6.92 Å². The van der Waals surface area contributed by atoms with Crippen LogP contribution >= 0.6 is 0 Å². The van der Waals surface area contributed by atoms with Gasteiger partial charge in [0.25, 0.3) is 0 Å². The average Bonchev–Trinajstić information content (AvgIpc) is 2.80. The molecule has 3 aromatic rings. The minimum atomic E-state index is -0.295. The first-order chi connectivity index (χ1) is 15.2. The molecular formula is C24H27N5O2. The molecule has 0 unspecified atom stereocenters. The van der Waals surface area contributed by atoms with Crippen LogP contribution in [-0.4, -0.2) is 57.0 Å². The molecule has 0 saturated carbocycles. The third-order valence-electron chi connectivity index (χ3n) is 5.38. The Kier molecular flexibility index (Phi) is 6.84. The zero-order valence-corrected chi connectivity index (χ0v) is 17.8. The maximum Gasteiger partial charge on any atom is 0.415 e. The molecule has 0 atom stereocenters. The van der Waals surface area contributed by atoms with Gasteiger partial charge in [0.15, 0.2) is 0 Å². The summed E-state index contributed by atoms with van der Waals surface area (Å²) < 4.78 is 5.57. The van der Waals surface area contributed by atoms with E-state index in [0.29, 0.717) is 18.8 Å². The Morgan fingerprint density at radius 2 is 1.77 bits per heavy atom. The summed E-state index contributed by atoms with van der Waals surface area (Å²) in [7, 11) is 0. The van der Waals surface area contributed by atoms with E-state index in [1.807, 2.05) is 43.3 Å². The highest BCUT2D eigenvalue weighted by molar-refractivity contribution is 5.70. The molecule has 160 valence electrons. The first-order valence-corrected chi connectivity index (χ1v) is 10.6. The third kappa shape index (κ3) is 6.08. The van der Waals surface area contributed by atoms with E-state index in [9.17, 15) is 4.79 Å². The molecule has 3 heterocycles. The van der Waals surface area contributed by atoms with Gasteiger partial charge in [0, 0.05) is 62.7 Å². The first kappa shape index (κ1) is 20.9. The highest BCUT2D eigenvalue weighted by Crippen LogP contribution is 2.16. The molecule has 0 aliphatic carbocycles. The summed E-state index contributed by atoms with van der Waals surface area (Å²) in [6, 6.07) is 13.8. The number of aryl methyl sites for hydroxylation is 3. The van der Waals surface area contributed by atoms with E-state index >= 15 is 0 Å². The van der Waals surface area contributed by atoms with Crippen LogP contribution in [0.25, 0.3) is 0 Å². The van der Waals surface area contributed by atoms with Gasteiger partial charge in [-0.3, -0.25) is 19.9 Å². The molecule has 0 N–H and O–H groups in total. The van der Waals surface area contributed by atoms with E-state index in [4.69, 9.17) is 4.74 Å². The van der Waals surface area contributed by atoms with Gasteiger partial charge in [0.05, 0.1) is 5.69 Å².